The molecule has 1 heterocycles. The summed E-state index contributed by atoms with van der Waals surface area (Å²) in [5.74, 6) is -5.97. The van der Waals surface area contributed by atoms with Crippen molar-refractivity contribution < 1.29 is 60.6 Å². The van der Waals surface area contributed by atoms with Crippen LogP contribution < -0.4 is 43.0 Å². The number of rotatable bonds is 29. The fourth-order valence-corrected chi connectivity index (χ4v) is 8.35. The first-order valence-corrected chi connectivity index (χ1v) is 26.2. The molecule has 1 aromatic heterocycles. The van der Waals surface area contributed by atoms with E-state index in [1.165, 1.54) is 42.6 Å². The number of thioether (sulfide) groups is 2. The molecule has 8 amide bonds. The minimum atomic E-state index is -5.15. The van der Waals surface area contributed by atoms with Gasteiger partial charge in [-0.05, 0) is 71.7 Å². The lowest BCUT2D eigenvalue weighted by atomic mass is 10.0. The summed E-state index contributed by atoms with van der Waals surface area (Å²) in [6, 6.07) is 13.4. The lowest BCUT2D eigenvalue weighted by Gasteiger charge is -2.26. The van der Waals surface area contributed by atoms with E-state index in [0.717, 1.165) is 5.52 Å². The van der Waals surface area contributed by atoms with Gasteiger partial charge in [0.05, 0.1) is 13.2 Å². The highest BCUT2D eigenvalue weighted by Gasteiger charge is 2.33. The molecule has 12 N–H and O–H groups in total. The summed E-state index contributed by atoms with van der Waals surface area (Å²) in [6.45, 7) is -0.555. The first kappa shape index (κ1) is 56.9. The van der Waals surface area contributed by atoms with Crippen LogP contribution in [-0.4, -0.2) is 144 Å². The Morgan fingerprint density at radius 3 is 1.73 bits per heavy atom. The monoisotopic (exact) mass is 1040 g/mol. The van der Waals surface area contributed by atoms with E-state index in [4.69, 9.17) is 5.73 Å². The summed E-state index contributed by atoms with van der Waals surface area (Å²) < 4.78 is 37.0. The molecule has 25 heteroatoms. The van der Waals surface area contributed by atoms with Crippen molar-refractivity contribution in [3.05, 3.63) is 102 Å². The predicted molar refractivity (Wildman–Crippen MR) is 267 cm³/mol. The van der Waals surface area contributed by atoms with Gasteiger partial charge in [0.25, 0.3) is 0 Å². The number of nitrogens with one attached hydrogen (secondary N) is 8. The van der Waals surface area contributed by atoms with Crippen LogP contribution in [0, 0.1) is 0 Å². The van der Waals surface area contributed by atoms with Gasteiger partial charge in [0, 0.05) is 43.3 Å². The maximum absolute atomic E-state index is 14.3. The largest absolute Gasteiger partial charge is 0.508 e. The molecular weight excluding hydrogens is 983 g/mol. The Bertz CT molecular complexity index is 2590. The molecule has 0 aliphatic heterocycles. The maximum Gasteiger partial charge on any atom is 0.397 e. The Balaban J connectivity index is 1.53. The third-order valence-corrected chi connectivity index (χ3v) is 12.4. The van der Waals surface area contributed by atoms with Gasteiger partial charge in [-0.2, -0.15) is 31.9 Å². The zero-order chi connectivity index (χ0) is 52.1. The van der Waals surface area contributed by atoms with Crippen LogP contribution >= 0.6 is 23.5 Å². The van der Waals surface area contributed by atoms with Crippen molar-refractivity contribution in [2.75, 3.05) is 37.2 Å². The zero-order valence-electron chi connectivity index (χ0n) is 39.1. The number of phenolic OH excluding ortho intramolecular Hbond substituents is 1. The number of aromatic amines is 1. The van der Waals surface area contributed by atoms with Crippen molar-refractivity contribution in [1.82, 2.24) is 42.2 Å². The van der Waals surface area contributed by atoms with Crippen molar-refractivity contribution in [3.8, 4) is 5.75 Å². The Morgan fingerprint density at radius 2 is 1.14 bits per heavy atom. The number of primary amides is 1. The number of hydrogen-bond donors (Lipinski definition) is 11. The quantitative estimate of drug-likeness (QED) is 0.0313. The molecule has 6 atom stereocenters. The first-order valence-electron chi connectivity index (χ1n) is 22.1. The highest BCUT2D eigenvalue weighted by atomic mass is 32.3. The van der Waals surface area contributed by atoms with E-state index < -0.39 is 107 Å². The van der Waals surface area contributed by atoms with Gasteiger partial charge in [-0.1, -0.05) is 60.7 Å². The second-order valence-corrected chi connectivity index (χ2v) is 19.2. The smallest absolute Gasteiger partial charge is 0.397 e. The number of para-hydroxylation sites is 1. The first-order chi connectivity index (χ1) is 33.8. The van der Waals surface area contributed by atoms with Crippen LogP contribution in [0.2, 0.25) is 0 Å². The van der Waals surface area contributed by atoms with Crippen LogP contribution in [0.1, 0.15) is 36.5 Å². The minimum absolute atomic E-state index is 0.00812. The van der Waals surface area contributed by atoms with Gasteiger partial charge in [-0.15, -0.1) is 0 Å². The second-order valence-electron chi connectivity index (χ2n) is 16.1. The number of H-pyrrole nitrogens is 1. The van der Waals surface area contributed by atoms with Gasteiger partial charge in [0.2, 0.25) is 47.3 Å². The number of nitrogens with two attached hydrogens (primary N) is 1. The van der Waals surface area contributed by atoms with Crippen molar-refractivity contribution in [1.29, 1.82) is 0 Å². The number of carbonyl (C=O) groups excluding carboxylic acids is 8. The standard InChI is InChI=1S/C46H59N9O13S3/c1-27(56)50-37(22-29-13-15-31(57)16-14-29)44(62)52-34(17-19-69-2)42(60)49-25-40(58)51-38(23-30-24-48-33-12-8-7-11-32(30)33)45(63)53-35(18-20-70-3)43(61)55-39(26-68-71(65,66)67)46(64)54-36(41(47)59)21-28-9-5-4-6-10-28/h4-16,24,34-39,48,57H,17-23,25-26H2,1-3H3,(H2,47,59)(H,49,60)(H,50,56)(H,51,58)(H,52,62)(H,53,63)(H,54,64)(H,55,61)(H,65,66,67)/t34-,35-,36-,37-,38-,39-/m0/s1. The molecule has 4 aromatic rings. The molecule has 0 aliphatic carbocycles. The molecule has 384 valence electrons. The summed E-state index contributed by atoms with van der Waals surface area (Å²) in [5.41, 5.74) is 8.10. The van der Waals surface area contributed by atoms with Crippen molar-refractivity contribution in [3.63, 3.8) is 0 Å². The number of phenols is 1. The Labute approximate surface area is 418 Å². The number of carbonyl (C=O) groups is 8. The van der Waals surface area contributed by atoms with E-state index in [9.17, 15) is 56.4 Å². The van der Waals surface area contributed by atoms with Gasteiger partial charge in [0.1, 0.15) is 42.0 Å². The Morgan fingerprint density at radius 1 is 0.634 bits per heavy atom. The third-order valence-electron chi connectivity index (χ3n) is 10.7. The highest BCUT2D eigenvalue weighted by Crippen LogP contribution is 2.20. The lowest BCUT2D eigenvalue weighted by Crippen LogP contribution is -2.60. The van der Waals surface area contributed by atoms with Crippen LogP contribution in [0.25, 0.3) is 10.9 Å². The second kappa shape index (κ2) is 28.2. The lowest BCUT2D eigenvalue weighted by molar-refractivity contribution is -0.135. The number of fused-ring (bicyclic) bond motifs is 1. The van der Waals surface area contributed by atoms with Crippen LogP contribution in [0.3, 0.4) is 0 Å². The molecule has 4 rings (SSSR count). The van der Waals surface area contributed by atoms with Crippen LogP contribution in [0.15, 0.2) is 85.1 Å². The summed E-state index contributed by atoms with van der Waals surface area (Å²) >= 11 is 2.71. The van der Waals surface area contributed by atoms with Gasteiger partial charge < -0.3 is 53.0 Å². The fraction of sp³-hybridized carbons (Fsp3) is 0.391. The van der Waals surface area contributed by atoms with Gasteiger partial charge in [0.15, 0.2) is 0 Å². The average molecular weight is 1040 g/mol. The van der Waals surface area contributed by atoms with Crippen LogP contribution in [-0.2, 0) is 72.2 Å². The van der Waals surface area contributed by atoms with E-state index >= 15 is 0 Å². The Hall–Kier alpha value is -6.67. The van der Waals surface area contributed by atoms with Crippen molar-refractivity contribution in [2.24, 2.45) is 5.73 Å². The normalized spacial score (nSPS) is 13.8. The number of aromatic nitrogens is 1. The molecule has 0 saturated carbocycles. The molecule has 0 fully saturated rings. The van der Waals surface area contributed by atoms with E-state index in [2.05, 4.69) is 46.4 Å². The van der Waals surface area contributed by atoms with Crippen LogP contribution in [0.5, 0.6) is 5.75 Å². The van der Waals surface area contributed by atoms with E-state index in [-0.39, 0.29) is 43.6 Å². The number of benzene rings is 3. The molecule has 0 saturated heterocycles. The fourth-order valence-electron chi connectivity index (χ4n) is 7.10. The Kier molecular flexibility index (Phi) is 22.6. The molecule has 0 bridgehead atoms. The van der Waals surface area contributed by atoms with E-state index in [1.807, 2.05) is 0 Å². The van der Waals surface area contributed by atoms with Gasteiger partial charge in [-0.25, -0.2) is 4.18 Å². The number of aromatic hydroxyl groups is 1. The average Bonchev–Trinajstić information content (AvgIpc) is 3.74. The topological polar surface area (TPSA) is 346 Å². The summed E-state index contributed by atoms with van der Waals surface area (Å²) in [5, 5.41) is 28.1. The van der Waals surface area contributed by atoms with Gasteiger partial charge in [-0.3, -0.25) is 42.9 Å². The summed E-state index contributed by atoms with van der Waals surface area (Å²) in [4.78, 5) is 110. The number of amides is 8. The van der Waals surface area contributed by atoms with E-state index in [1.54, 1.807) is 85.4 Å². The molecule has 3 aromatic carbocycles. The predicted octanol–water partition coefficient (Wildman–Crippen LogP) is -0.243. The zero-order valence-corrected chi connectivity index (χ0v) is 41.5. The minimum Gasteiger partial charge on any atom is -0.508 e. The molecule has 22 nitrogen and oxygen atoms in total. The molecule has 0 unspecified atom stereocenters. The molecule has 0 aliphatic rings. The summed E-state index contributed by atoms with van der Waals surface area (Å²) in [7, 11) is -5.15. The molecular formula is C46H59N9O13S3. The summed E-state index contributed by atoms with van der Waals surface area (Å²) in [6.07, 6.45) is 5.10. The van der Waals surface area contributed by atoms with Crippen molar-refractivity contribution >= 4 is 92.1 Å². The SMILES string of the molecule is CSCC[C@H](NC(=O)[C@H](Cc1ccc(O)cc1)NC(C)=O)C(=O)NCC(=O)N[C@@H](Cc1c[nH]c2ccccc12)C(=O)N[C@@H](CCSC)C(=O)N[C@@H](COS(=O)(=O)O)C(=O)N[C@@H](Cc1ccccc1)C(N)=O. The third kappa shape index (κ3) is 19.6. The van der Waals surface area contributed by atoms with E-state index in [0.29, 0.717) is 27.8 Å². The van der Waals surface area contributed by atoms with Crippen LogP contribution in [0.4, 0.5) is 0 Å². The molecule has 0 spiro atoms. The van der Waals surface area contributed by atoms with Crippen molar-refractivity contribution in [2.45, 2.75) is 75.3 Å². The van der Waals surface area contributed by atoms with Gasteiger partial charge >= 0.3 is 10.4 Å². The maximum atomic E-state index is 14.3. The number of hydrogen-bond acceptors (Lipinski definition) is 14. The molecule has 71 heavy (non-hydrogen) atoms. The highest BCUT2D eigenvalue weighted by molar-refractivity contribution is 7.98. The molecule has 0 radical (unpaired) electrons.